The molecule has 3 N–H and O–H groups in total. The van der Waals surface area contributed by atoms with Crippen molar-refractivity contribution >= 4 is 40.4 Å². The Morgan fingerprint density at radius 1 is 1.42 bits per heavy atom. The molecule has 1 atom stereocenters. The van der Waals surface area contributed by atoms with E-state index >= 15 is 0 Å². The van der Waals surface area contributed by atoms with Crippen LogP contribution in [0.4, 0.5) is 11.4 Å². The predicted molar refractivity (Wildman–Crippen MR) is 81.7 cm³/mol. The molecule has 0 aliphatic carbocycles. The lowest BCUT2D eigenvalue weighted by Gasteiger charge is -2.10. The molecule has 1 unspecified atom stereocenters. The van der Waals surface area contributed by atoms with Crippen LogP contribution < -0.4 is 11.1 Å². The topological polar surface area (TPSA) is 68.0 Å². The lowest BCUT2D eigenvalue weighted by Crippen LogP contribution is -2.22. The van der Waals surface area contributed by atoms with Crippen molar-refractivity contribution in [3.8, 4) is 0 Å². The number of carbonyl (C=O) groups excluding carboxylic acids is 1. The molecule has 1 aromatic heterocycles. The van der Waals surface area contributed by atoms with Crippen LogP contribution in [0.25, 0.3) is 0 Å². The maximum absolute atomic E-state index is 12.0. The highest BCUT2D eigenvalue weighted by atomic mass is 32.2. The molecule has 0 aliphatic rings. The molecule has 1 heterocycles. The van der Waals surface area contributed by atoms with Crippen molar-refractivity contribution in [1.82, 2.24) is 4.98 Å². The molecule has 0 radical (unpaired) electrons. The van der Waals surface area contributed by atoms with Crippen molar-refractivity contribution in [3.05, 3.63) is 35.3 Å². The number of benzene rings is 1. The molecule has 19 heavy (non-hydrogen) atoms. The van der Waals surface area contributed by atoms with Gasteiger partial charge in [0.25, 0.3) is 0 Å². The first-order chi connectivity index (χ1) is 9.04. The number of hydrogen-bond acceptors (Lipinski definition) is 5. The van der Waals surface area contributed by atoms with Crippen molar-refractivity contribution in [2.24, 2.45) is 0 Å². The molecule has 0 spiro atoms. The largest absolute Gasteiger partial charge is 0.399 e. The summed E-state index contributed by atoms with van der Waals surface area (Å²) in [6.07, 6.45) is 0. The number of amides is 1. The van der Waals surface area contributed by atoms with Gasteiger partial charge in [-0.25, -0.2) is 4.98 Å². The first-order valence-electron chi connectivity index (χ1n) is 5.80. The first-order valence-corrected chi connectivity index (χ1v) is 7.56. The zero-order valence-electron chi connectivity index (χ0n) is 10.7. The van der Waals surface area contributed by atoms with Gasteiger partial charge in [0.15, 0.2) is 4.34 Å². The van der Waals surface area contributed by atoms with Crippen LogP contribution in [0.15, 0.2) is 34.0 Å². The molecule has 2 aromatic rings. The quantitative estimate of drug-likeness (QED) is 0.671. The number of hydrogen-bond donors (Lipinski definition) is 2. The van der Waals surface area contributed by atoms with Gasteiger partial charge in [-0.3, -0.25) is 4.79 Å². The van der Waals surface area contributed by atoms with Crippen LogP contribution in [0.1, 0.15) is 12.6 Å². The zero-order chi connectivity index (χ0) is 13.8. The summed E-state index contributed by atoms with van der Waals surface area (Å²) in [5.41, 5.74) is 8.01. The molecule has 100 valence electrons. The Balaban J connectivity index is 1.94. The Kier molecular flexibility index (Phi) is 4.44. The molecule has 1 aromatic carbocycles. The van der Waals surface area contributed by atoms with E-state index in [9.17, 15) is 4.79 Å². The molecule has 0 aliphatic heterocycles. The average molecular weight is 293 g/mol. The van der Waals surface area contributed by atoms with Crippen LogP contribution in [-0.4, -0.2) is 16.1 Å². The van der Waals surface area contributed by atoms with Crippen LogP contribution in [0.3, 0.4) is 0 Å². The normalized spacial score (nSPS) is 12.1. The molecule has 0 saturated heterocycles. The van der Waals surface area contributed by atoms with Gasteiger partial charge in [-0.2, -0.15) is 0 Å². The predicted octanol–water partition coefficient (Wildman–Crippen LogP) is 3.15. The Morgan fingerprint density at radius 2 is 2.11 bits per heavy atom. The van der Waals surface area contributed by atoms with Crippen molar-refractivity contribution in [1.29, 1.82) is 0 Å². The number of nitrogen functional groups attached to an aromatic ring is 1. The second kappa shape index (κ2) is 6.08. The SMILES string of the molecule is Cc1csc(SC(C)C(=O)Nc2ccc(N)cc2)n1. The van der Waals surface area contributed by atoms with E-state index < -0.39 is 0 Å². The molecular weight excluding hydrogens is 278 g/mol. The first kappa shape index (κ1) is 13.9. The number of nitrogens with two attached hydrogens (primary N) is 1. The Morgan fingerprint density at radius 3 is 2.68 bits per heavy atom. The number of nitrogens with zero attached hydrogens (tertiary/aromatic N) is 1. The van der Waals surface area contributed by atoms with Gasteiger partial charge in [0.05, 0.1) is 5.25 Å². The highest BCUT2D eigenvalue weighted by Gasteiger charge is 2.16. The number of carbonyl (C=O) groups is 1. The third-order valence-electron chi connectivity index (χ3n) is 2.42. The Bertz CT molecular complexity index is 566. The maximum atomic E-state index is 12.0. The van der Waals surface area contributed by atoms with Gasteiger partial charge in [0, 0.05) is 22.4 Å². The summed E-state index contributed by atoms with van der Waals surface area (Å²) in [5.74, 6) is -0.0392. The van der Waals surface area contributed by atoms with Crippen LogP contribution >= 0.6 is 23.1 Å². The second-order valence-corrected chi connectivity index (χ2v) is 6.57. The lowest BCUT2D eigenvalue weighted by molar-refractivity contribution is -0.115. The van der Waals surface area contributed by atoms with Gasteiger partial charge < -0.3 is 11.1 Å². The molecule has 0 fully saturated rings. The number of aryl methyl sites for hydroxylation is 1. The third kappa shape index (κ3) is 3.97. The summed E-state index contributed by atoms with van der Waals surface area (Å²) in [6.45, 7) is 3.81. The molecule has 4 nitrogen and oxygen atoms in total. The van der Waals surface area contributed by atoms with Crippen molar-refractivity contribution in [2.75, 3.05) is 11.1 Å². The van der Waals surface area contributed by atoms with Gasteiger partial charge in [-0.05, 0) is 38.1 Å². The van der Waals surface area contributed by atoms with E-state index in [1.807, 2.05) is 19.2 Å². The van der Waals surface area contributed by atoms with Crippen LogP contribution in [0.2, 0.25) is 0 Å². The minimum atomic E-state index is -0.192. The average Bonchev–Trinajstić information content (AvgIpc) is 2.77. The molecular formula is C13H15N3OS2. The molecule has 6 heteroatoms. The lowest BCUT2D eigenvalue weighted by atomic mass is 10.3. The summed E-state index contributed by atoms with van der Waals surface area (Å²) in [5, 5.41) is 4.65. The van der Waals surface area contributed by atoms with E-state index in [1.165, 1.54) is 11.8 Å². The fourth-order valence-electron chi connectivity index (χ4n) is 1.40. The fraction of sp³-hybridized carbons (Fsp3) is 0.231. The second-order valence-electron chi connectivity index (χ2n) is 4.13. The van der Waals surface area contributed by atoms with Gasteiger partial charge in [-0.1, -0.05) is 11.8 Å². The third-order valence-corrected chi connectivity index (χ3v) is 4.61. The van der Waals surface area contributed by atoms with E-state index in [0.29, 0.717) is 5.69 Å². The fourth-order valence-corrected chi connectivity index (χ4v) is 3.39. The van der Waals surface area contributed by atoms with E-state index in [2.05, 4.69) is 10.3 Å². The minimum Gasteiger partial charge on any atom is -0.399 e. The summed E-state index contributed by atoms with van der Waals surface area (Å²) in [7, 11) is 0. The molecule has 0 bridgehead atoms. The summed E-state index contributed by atoms with van der Waals surface area (Å²) in [6, 6.07) is 7.10. The minimum absolute atomic E-state index is 0.0392. The number of thioether (sulfide) groups is 1. The number of anilines is 2. The van der Waals surface area contributed by atoms with Crippen LogP contribution in [0.5, 0.6) is 0 Å². The van der Waals surface area contributed by atoms with E-state index in [0.717, 1.165) is 15.7 Å². The number of aromatic nitrogens is 1. The van der Waals surface area contributed by atoms with Gasteiger partial charge in [0.1, 0.15) is 0 Å². The van der Waals surface area contributed by atoms with Crippen LogP contribution in [0, 0.1) is 6.92 Å². The molecule has 2 rings (SSSR count). The highest BCUT2D eigenvalue weighted by Crippen LogP contribution is 2.27. The van der Waals surface area contributed by atoms with E-state index in [1.54, 1.807) is 35.6 Å². The summed E-state index contributed by atoms with van der Waals surface area (Å²) >= 11 is 3.02. The Labute approximate surface area is 120 Å². The molecule has 0 saturated carbocycles. The van der Waals surface area contributed by atoms with Crippen molar-refractivity contribution in [2.45, 2.75) is 23.4 Å². The van der Waals surface area contributed by atoms with E-state index in [4.69, 9.17) is 5.73 Å². The molecule has 1 amide bonds. The van der Waals surface area contributed by atoms with Crippen molar-refractivity contribution < 1.29 is 4.79 Å². The van der Waals surface area contributed by atoms with Crippen LogP contribution in [-0.2, 0) is 4.79 Å². The van der Waals surface area contributed by atoms with Gasteiger partial charge in [0.2, 0.25) is 5.91 Å². The highest BCUT2D eigenvalue weighted by molar-refractivity contribution is 8.02. The number of thiazole rings is 1. The summed E-state index contributed by atoms with van der Waals surface area (Å²) in [4.78, 5) is 16.4. The Hall–Kier alpha value is -1.53. The number of nitrogens with one attached hydrogen (secondary N) is 1. The number of rotatable bonds is 4. The van der Waals surface area contributed by atoms with Crippen molar-refractivity contribution in [3.63, 3.8) is 0 Å². The maximum Gasteiger partial charge on any atom is 0.237 e. The smallest absolute Gasteiger partial charge is 0.237 e. The zero-order valence-corrected chi connectivity index (χ0v) is 12.3. The monoisotopic (exact) mass is 293 g/mol. The standard InChI is InChI=1S/C13H15N3OS2/c1-8-7-18-13(15-8)19-9(2)12(17)16-11-5-3-10(14)4-6-11/h3-7,9H,14H2,1-2H3,(H,16,17). The van der Waals surface area contributed by atoms with Gasteiger partial charge in [-0.15, -0.1) is 11.3 Å². The van der Waals surface area contributed by atoms with E-state index in [-0.39, 0.29) is 11.2 Å². The van der Waals surface area contributed by atoms with Gasteiger partial charge >= 0.3 is 0 Å². The summed E-state index contributed by atoms with van der Waals surface area (Å²) < 4.78 is 0.914.